The van der Waals surface area contributed by atoms with Crippen molar-refractivity contribution in [3.8, 4) is 0 Å². The molecule has 4 heteroatoms. The number of halogens is 1. The van der Waals surface area contributed by atoms with Gasteiger partial charge in [-0.05, 0) is 35.9 Å². The molecular weight excluding hydrogens is 290 g/mol. The Morgan fingerprint density at radius 2 is 2.15 bits per heavy atom. The van der Waals surface area contributed by atoms with Crippen molar-refractivity contribution in [1.82, 2.24) is 4.90 Å². The third-order valence-electron chi connectivity index (χ3n) is 3.74. The van der Waals surface area contributed by atoms with E-state index in [-0.39, 0.29) is 11.9 Å². The molecule has 1 aromatic heterocycles. The number of thiophene rings is 1. The first-order chi connectivity index (χ1) is 9.75. The van der Waals surface area contributed by atoms with Crippen LogP contribution in [0.4, 0.5) is 0 Å². The number of amides is 1. The average Bonchev–Trinajstić information content (AvgIpc) is 3.09. The molecule has 20 heavy (non-hydrogen) atoms. The van der Waals surface area contributed by atoms with Crippen LogP contribution in [-0.2, 0) is 11.2 Å². The van der Waals surface area contributed by atoms with E-state index in [1.807, 2.05) is 46.7 Å². The summed E-state index contributed by atoms with van der Waals surface area (Å²) in [7, 11) is 0. The van der Waals surface area contributed by atoms with Gasteiger partial charge >= 0.3 is 0 Å². The highest BCUT2D eigenvalue weighted by Crippen LogP contribution is 2.36. The highest BCUT2D eigenvalue weighted by atomic mass is 35.5. The van der Waals surface area contributed by atoms with Crippen LogP contribution in [0.1, 0.15) is 29.3 Å². The van der Waals surface area contributed by atoms with E-state index < -0.39 is 0 Å². The maximum atomic E-state index is 12.5. The number of rotatable bonds is 3. The predicted molar refractivity (Wildman–Crippen MR) is 83.2 cm³/mol. The van der Waals surface area contributed by atoms with Crippen molar-refractivity contribution in [1.29, 1.82) is 0 Å². The SMILES string of the molecule is O=C(Cc1cccs1)N1CCC[C@H]1c1ccccc1Cl. The highest BCUT2D eigenvalue weighted by Gasteiger charge is 2.30. The summed E-state index contributed by atoms with van der Waals surface area (Å²) in [5.41, 5.74) is 1.08. The Kier molecular flexibility index (Phi) is 4.08. The van der Waals surface area contributed by atoms with Crippen LogP contribution in [0.5, 0.6) is 0 Å². The highest BCUT2D eigenvalue weighted by molar-refractivity contribution is 7.10. The molecule has 1 aliphatic rings. The van der Waals surface area contributed by atoms with Gasteiger partial charge in [0.25, 0.3) is 0 Å². The molecular formula is C16H16ClNOS. The summed E-state index contributed by atoms with van der Waals surface area (Å²) in [6.07, 6.45) is 2.55. The Hall–Kier alpha value is -1.32. The molecule has 0 bridgehead atoms. The maximum Gasteiger partial charge on any atom is 0.228 e. The summed E-state index contributed by atoms with van der Waals surface area (Å²) >= 11 is 7.92. The van der Waals surface area contributed by atoms with Crippen molar-refractivity contribution in [2.75, 3.05) is 6.54 Å². The predicted octanol–water partition coefficient (Wildman–Crippen LogP) is 4.31. The van der Waals surface area contributed by atoms with Gasteiger partial charge in [0.2, 0.25) is 5.91 Å². The van der Waals surface area contributed by atoms with Crippen LogP contribution in [0.2, 0.25) is 5.02 Å². The van der Waals surface area contributed by atoms with E-state index >= 15 is 0 Å². The van der Waals surface area contributed by atoms with E-state index in [9.17, 15) is 4.79 Å². The molecule has 0 unspecified atom stereocenters. The van der Waals surface area contributed by atoms with Gasteiger partial charge in [0, 0.05) is 16.4 Å². The first-order valence-corrected chi connectivity index (χ1v) is 8.08. The van der Waals surface area contributed by atoms with Gasteiger partial charge in [0.05, 0.1) is 12.5 Å². The second-order valence-corrected chi connectivity index (χ2v) is 6.46. The molecule has 1 aromatic carbocycles. The molecule has 1 atom stereocenters. The number of benzene rings is 1. The lowest BCUT2D eigenvalue weighted by Crippen LogP contribution is -2.31. The molecule has 1 amide bonds. The molecule has 0 spiro atoms. The van der Waals surface area contributed by atoms with E-state index in [1.165, 1.54) is 0 Å². The van der Waals surface area contributed by atoms with Crippen LogP contribution in [0.3, 0.4) is 0 Å². The summed E-state index contributed by atoms with van der Waals surface area (Å²) in [6, 6.07) is 12.0. The van der Waals surface area contributed by atoms with Crippen molar-refractivity contribution in [3.05, 3.63) is 57.2 Å². The van der Waals surface area contributed by atoms with Crippen molar-refractivity contribution in [2.24, 2.45) is 0 Å². The summed E-state index contributed by atoms with van der Waals surface area (Å²) < 4.78 is 0. The van der Waals surface area contributed by atoms with E-state index in [0.29, 0.717) is 6.42 Å². The fourth-order valence-corrected chi connectivity index (χ4v) is 3.76. The second kappa shape index (κ2) is 5.98. The fourth-order valence-electron chi connectivity index (χ4n) is 2.80. The molecule has 2 aromatic rings. The number of likely N-dealkylation sites (tertiary alicyclic amines) is 1. The zero-order valence-corrected chi connectivity index (χ0v) is 12.7. The number of carbonyl (C=O) groups excluding carboxylic acids is 1. The molecule has 2 heterocycles. The van der Waals surface area contributed by atoms with Gasteiger partial charge in [0.1, 0.15) is 0 Å². The minimum Gasteiger partial charge on any atom is -0.335 e. The summed E-state index contributed by atoms with van der Waals surface area (Å²) in [5.74, 6) is 0.204. The monoisotopic (exact) mass is 305 g/mol. The summed E-state index contributed by atoms with van der Waals surface area (Å²) in [4.78, 5) is 15.6. The third-order valence-corrected chi connectivity index (χ3v) is 4.96. The van der Waals surface area contributed by atoms with Crippen LogP contribution in [0.25, 0.3) is 0 Å². The summed E-state index contributed by atoms with van der Waals surface area (Å²) in [6.45, 7) is 0.833. The Morgan fingerprint density at radius 1 is 1.30 bits per heavy atom. The van der Waals surface area contributed by atoms with Gasteiger partial charge in [-0.2, -0.15) is 0 Å². The topological polar surface area (TPSA) is 20.3 Å². The molecule has 0 radical (unpaired) electrons. The van der Waals surface area contributed by atoms with E-state index in [4.69, 9.17) is 11.6 Å². The lowest BCUT2D eigenvalue weighted by molar-refractivity contribution is -0.131. The zero-order valence-electron chi connectivity index (χ0n) is 11.1. The molecule has 0 N–H and O–H groups in total. The van der Waals surface area contributed by atoms with Crippen LogP contribution in [0, 0.1) is 0 Å². The second-order valence-electron chi connectivity index (χ2n) is 5.02. The average molecular weight is 306 g/mol. The van der Waals surface area contributed by atoms with Gasteiger partial charge < -0.3 is 4.90 Å². The van der Waals surface area contributed by atoms with Crippen molar-refractivity contribution in [3.63, 3.8) is 0 Å². The number of carbonyl (C=O) groups is 1. The molecule has 1 aliphatic heterocycles. The normalized spacial score (nSPS) is 18.4. The van der Waals surface area contributed by atoms with Crippen LogP contribution in [-0.4, -0.2) is 17.4 Å². The standard InChI is InChI=1S/C16H16ClNOS/c17-14-7-2-1-6-13(14)15-8-3-9-18(15)16(19)11-12-5-4-10-20-12/h1-2,4-7,10,15H,3,8-9,11H2/t15-/m0/s1. The third kappa shape index (κ3) is 2.74. The van der Waals surface area contributed by atoms with Crippen LogP contribution >= 0.6 is 22.9 Å². The van der Waals surface area contributed by atoms with Gasteiger partial charge in [-0.25, -0.2) is 0 Å². The molecule has 3 rings (SSSR count). The van der Waals surface area contributed by atoms with Gasteiger partial charge in [-0.1, -0.05) is 35.9 Å². The molecule has 0 saturated carbocycles. The molecule has 104 valence electrons. The smallest absolute Gasteiger partial charge is 0.228 e. The fraction of sp³-hybridized carbons (Fsp3) is 0.312. The van der Waals surface area contributed by atoms with Crippen molar-refractivity contribution < 1.29 is 4.79 Å². The lowest BCUT2D eigenvalue weighted by atomic mass is 10.0. The van der Waals surface area contributed by atoms with Gasteiger partial charge in [0.15, 0.2) is 0 Å². The first-order valence-electron chi connectivity index (χ1n) is 6.82. The summed E-state index contributed by atoms with van der Waals surface area (Å²) in [5, 5.41) is 2.77. The van der Waals surface area contributed by atoms with Gasteiger partial charge in [-0.3, -0.25) is 4.79 Å². The van der Waals surface area contributed by atoms with Crippen molar-refractivity contribution >= 4 is 28.8 Å². The molecule has 1 saturated heterocycles. The lowest BCUT2D eigenvalue weighted by Gasteiger charge is -2.25. The Labute approximate surface area is 128 Å². The van der Waals surface area contributed by atoms with Crippen LogP contribution in [0.15, 0.2) is 41.8 Å². The molecule has 0 aliphatic carbocycles. The Balaban J connectivity index is 1.79. The minimum atomic E-state index is 0.135. The number of nitrogens with zero attached hydrogens (tertiary/aromatic N) is 1. The maximum absolute atomic E-state index is 12.5. The van der Waals surface area contributed by atoms with E-state index in [1.54, 1.807) is 11.3 Å². The first kappa shape index (κ1) is 13.7. The van der Waals surface area contributed by atoms with E-state index in [2.05, 4.69) is 0 Å². The number of hydrogen-bond acceptors (Lipinski definition) is 2. The quantitative estimate of drug-likeness (QED) is 0.827. The van der Waals surface area contributed by atoms with Crippen LogP contribution < -0.4 is 0 Å². The molecule has 2 nitrogen and oxygen atoms in total. The zero-order chi connectivity index (χ0) is 13.9. The Bertz CT molecular complexity index is 596. The molecule has 1 fully saturated rings. The van der Waals surface area contributed by atoms with Gasteiger partial charge in [-0.15, -0.1) is 11.3 Å². The largest absolute Gasteiger partial charge is 0.335 e. The van der Waals surface area contributed by atoms with Crippen molar-refractivity contribution in [2.45, 2.75) is 25.3 Å². The van der Waals surface area contributed by atoms with E-state index in [0.717, 1.165) is 34.8 Å². The Morgan fingerprint density at radius 3 is 2.90 bits per heavy atom. The minimum absolute atomic E-state index is 0.135. The number of hydrogen-bond donors (Lipinski definition) is 0.